The van der Waals surface area contributed by atoms with Gasteiger partial charge in [-0.1, -0.05) is 66.7 Å². The Morgan fingerprint density at radius 2 is 1.35 bits per heavy atom. The molecule has 0 spiro atoms. The van der Waals surface area contributed by atoms with E-state index in [-0.39, 0.29) is 5.92 Å². The Labute approximate surface area is 272 Å². The summed E-state index contributed by atoms with van der Waals surface area (Å²) in [6.07, 6.45) is 9.06. The molecule has 9 aromatic rings. The van der Waals surface area contributed by atoms with E-state index in [1.165, 1.54) is 85.8 Å². The van der Waals surface area contributed by atoms with Gasteiger partial charge < -0.3 is 9.13 Å². The lowest BCUT2D eigenvalue weighted by molar-refractivity contribution is 0.832. The molecule has 11 rings (SSSR count). The minimum atomic E-state index is 0.282. The number of hydrogen-bond acceptors (Lipinski definition) is 3. The molecule has 2 aliphatic rings. The average Bonchev–Trinajstić information content (AvgIpc) is 3.85. The lowest BCUT2D eigenvalue weighted by Crippen LogP contribution is -2.12. The van der Waals surface area contributed by atoms with Crippen molar-refractivity contribution in [3.63, 3.8) is 0 Å². The normalized spacial score (nSPS) is 17.5. The van der Waals surface area contributed by atoms with Gasteiger partial charge in [-0.2, -0.15) is 0 Å². The molecule has 2 atom stereocenters. The molecule has 0 amide bonds. The lowest BCUT2D eigenvalue weighted by Gasteiger charge is -2.20. The molecule has 1 aliphatic heterocycles. The van der Waals surface area contributed by atoms with Crippen LogP contribution in [0.25, 0.3) is 75.2 Å². The van der Waals surface area contributed by atoms with E-state index in [0.717, 1.165) is 0 Å². The van der Waals surface area contributed by atoms with Gasteiger partial charge in [0.05, 0.1) is 27.8 Å². The zero-order chi connectivity index (χ0) is 29.9. The maximum atomic E-state index is 4.80. The predicted octanol–water partition coefficient (Wildman–Crippen LogP) is 11.3. The first-order valence-corrected chi connectivity index (χ1v) is 17.4. The summed E-state index contributed by atoms with van der Waals surface area (Å²) in [6, 6.07) is 42.3. The number of thioether (sulfide) groups is 1. The van der Waals surface area contributed by atoms with Crippen molar-refractivity contribution in [2.24, 2.45) is 0 Å². The predicted molar refractivity (Wildman–Crippen MR) is 197 cm³/mol. The van der Waals surface area contributed by atoms with Gasteiger partial charge >= 0.3 is 0 Å². The van der Waals surface area contributed by atoms with Crippen molar-refractivity contribution >= 4 is 92.6 Å². The van der Waals surface area contributed by atoms with Gasteiger partial charge in [0.25, 0.3) is 0 Å². The number of allylic oxidation sites excluding steroid dienone is 3. The van der Waals surface area contributed by atoms with E-state index in [1.807, 2.05) is 35.4 Å². The van der Waals surface area contributed by atoms with Crippen LogP contribution >= 0.6 is 23.1 Å². The van der Waals surface area contributed by atoms with Crippen LogP contribution < -0.4 is 0 Å². The molecule has 46 heavy (non-hydrogen) atoms. The molecular weight excluding hydrogens is 599 g/mol. The number of thiophene rings is 1. The van der Waals surface area contributed by atoms with Crippen molar-refractivity contribution in [2.45, 2.75) is 16.1 Å². The minimum Gasteiger partial charge on any atom is -0.310 e. The number of benzene rings is 5. The van der Waals surface area contributed by atoms with Gasteiger partial charge in [-0.25, -0.2) is 0 Å². The number of fused-ring (bicyclic) bond motifs is 13. The highest BCUT2D eigenvalue weighted by atomic mass is 32.2. The van der Waals surface area contributed by atoms with Gasteiger partial charge in [-0.3, -0.25) is 4.98 Å². The second-order valence-electron chi connectivity index (χ2n) is 12.3. The monoisotopic (exact) mass is 623 g/mol. The molecule has 2 unspecified atom stereocenters. The van der Waals surface area contributed by atoms with Crippen LogP contribution in [-0.4, -0.2) is 19.4 Å². The Kier molecular flexibility index (Phi) is 5.04. The largest absolute Gasteiger partial charge is 0.310 e. The second kappa shape index (κ2) is 9.23. The second-order valence-corrected chi connectivity index (χ2v) is 14.6. The summed E-state index contributed by atoms with van der Waals surface area (Å²) in [5, 5.41) is 8.24. The molecule has 3 nitrogen and oxygen atoms in total. The molecule has 0 fully saturated rings. The molecule has 1 aliphatic carbocycles. The summed E-state index contributed by atoms with van der Waals surface area (Å²) in [6.45, 7) is 0. The number of rotatable bonds is 2. The van der Waals surface area contributed by atoms with E-state index in [0.29, 0.717) is 5.25 Å². The quantitative estimate of drug-likeness (QED) is 0.191. The van der Waals surface area contributed by atoms with Crippen LogP contribution in [0.2, 0.25) is 0 Å². The van der Waals surface area contributed by atoms with Crippen LogP contribution in [0.15, 0.2) is 145 Å². The highest BCUT2D eigenvalue weighted by Gasteiger charge is 2.34. The Morgan fingerprint density at radius 1 is 0.609 bits per heavy atom. The molecule has 5 heterocycles. The number of aromatic nitrogens is 3. The van der Waals surface area contributed by atoms with Gasteiger partial charge in [-0.05, 0) is 66.7 Å². The highest BCUT2D eigenvalue weighted by Crippen LogP contribution is 2.50. The minimum absolute atomic E-state index is 0.282. The van der Waals surface area contributed by atoms with Crippen molar-refractivity contribution in [2.75, 3.05) is 0 Å². The van der Waals surface area contributed by atoms with Crippen molar-refractivity contribution < 1.29 is 0 Å². The third-order valence-corrected chi connectivity index (χ3v) is 12.4. The van der Waals surface area contributed by atoms with E-state index < -0.39 is 0 Å². The standard InChI is InChI=1S/C41H25N3S2/c1-4-11-32-26(8-1)27-9-2-5-12-33(27)43(32)24-15-19-36-30(22-24)28-17-18-35-39(41(28)46-36)29-10-3-6-13-34(29)44(35)25-16-20-37-31(23-25)40-38(45-37)14-7-21-42-40/h1-23,31,37H. The van der Waals surface area contributed by atoms with E-state index in [1.54, 1.807) is 0 Å². The van der Waals surface area contributed by atoms with E-state index in [2.05, 4.69) is 137 Å². The van der Waals surface area contributed by atoms with Gasteiger partial charge in [-0.15, -0.1) is 23.1 Å². The first kappa shape index (κ1) is 25.1. The summed E-state index contributed by atoms with van der Waals surface area (Å²) in [4.78, 5) is 6.10. The molecular formula is C41H25N3S2. The Bertz CT molecular complexity index is 2760. The number of pyridine rings is 1. The maximum absolute atomic E-state index is 4.80. The van der Waals surface area contributed by atoms with Crippen molar-refractivity contribution in [1.82, 2.24) is 14.1 Å². The topological polar surface area (TPSA) is 22.8 Å². The summed E-state index contributed by atoms with van der Waals surface area (Å²) >= 11 is 3.84. The smallest absolute Gasteiger partial charge is 0.0623 e. The molecule has 0 radical (unpaired) electrons. The van der Waals surface area contributed by atoms with E-state index in [9.17, 15) is 0 Å². The van der Waals surface area contributed by atoms with Crippen molar-refractivity contribution in [3.8, 4) is 5.69 Å². The van der Waals surface area contributed by atoms with E-state index in [4.69, 9.17) is 4.98 Å². The zero-order valence-corrected chi connectivity index (χ0v) is 26.2. The number of nitrogens with zero attached hydrogens (tertiary/aromatic N) is 3. The molecule has 4 aromatic heterocycles. The third-order valence-electron chi connectivity index (χ3n) is 9.89. The van der Waals surface area contributed by atoms with Crippen LogP contribution in [0, 0.1) is 0 Å². The Morgan fingerprint density at radius 3 is 2.15 bits per heavy atom. The van der Waals surface area contributed by atoms with Crippen molar-refractivity contribution in [1.29, 1.82) is 0 Å². The zero-order valence-electron chi connectivity index (χ0n) is 24.6. The maximum Gasteiger partial charge on any atom is 0.0623 e. The summed E-state index contributed by atoms with van der Waals surface area (Å²) in [5.74, 6) is 0.282. The average molecular weight is 624 g/mol. The molecule has 0 bridgehead atoms. The van der Waals surface area contributed by atoms with Gasteiger partial charge in [0.2, 0.25) is 0 Å². The molecule has 216 valence electrons. The van der Waals surface area contributed by atoms with Crippen LogP contribution in [0.5, 0.6) is 0 Å². The van der Waals surface area contributed by atoms with Crippen LogP contribution in [-0.2, 0) is 0 Å². The molecule has 5 aromatic carbocycles. The molecule has 5 heteroatoms. The van der Waals surface area contributed by atoms with E-state index >= 15 is 0 Å². The Hall–Kier alpha value is -5.10. The van der Waals surface area contributed by atoms with Gasteiger partial charge in [0.15, 0.2) is 0 Å². The lowest BCUT2D eigenvalue weighted by atomic mass is 9.95. The van der Waals surface area contributed by atoms with Crippen LogP contribution in [0.4, 0.5) is 0 Å². The summed E-state index contributed by atoms with van der Waals surface area (Å²) in [7, 11) is 0. The summed E-state index contributed by atoms with van der Waals surface area (Å²) < 4.78 is 7.55. The SMILES string of the molecule is C1=CC2Sc3cccnc3C2C=C1n1c2ccccc2c2c3sc4ccc(-n5c6ccccc6c6ccccc65)cc4c3ccc21. The molecule has 0 saturated carbocycles. The fraction of sp³-hybridized carbons (Fsp3) is 0.0488. The first-order chi connectivity index (χ1) is 22.8. The van der Waals surface area contributed by atoms with Crippen LogP contribution in [0.3, 0.4) is 0 Å². The fourth-order valence-corrected chi connectivity index (χ4v) is 10.4. The number of para-hydroxylation sites is 3. The van der Waals surface area contributed by atoms with Crippen molar-refractivity contribution in [3.05, 3.63) is 145 Å². The Balaban J connectivity index is 1.15. The first-order valence-electron chi connectivity index (χ1n) is 15.7. The number of hydrogen-bond donors (Lipinski definition) is 0. The molecule has 0 saturated heterocycles. The van der Waals surface area contributed by atoms with Crippen LogP contribution in [0.1, 0.15) is 11.6 Å². The third kappa shape index (κ3) is 3.31. The molecule has 0 N–H and O–H groups in total. The summed E-state index contributed by atoms with van der Waals surface area (Å²) in [5.41, 5.74) is 8.60. The highest BCUT2D eigenvalue weighted by molar-refractivity contribution is 8.00. The van der Waals surface area contributed by atoms with Gasteiger partial charge in [0, 0.05) is 75.4 Å². The van der Waals surface area contributed by atoms with Gasteiger partial charge in [0.1, 0.15) is 0 Å². The fourth-order valence-electron chi connectivity index (χ4n) is 7.94.